The Morgan fingerprint density at radius 1 is 1.07 bits per heavy atom. The van der Waals surface area contributed by atoms with Crippen molar-refractivity contribution in [2.24, 2.45) is 10.7 Å². The molecule has 0 aromatic heterocycles. The van der Waals surface area contributed by atoms with E-state index in [4.69, 9.17) is 22.3 Å². The Hall–Kier alpha value is -3.15. The topological polar surface area (TPSA) is 70.7 Å². The molecule has 0 spiro atoms. The summed E-state index contributed by atoms with van der Waals surface area (Å²) in [5.41, 5.74) is 14.4. The standard InChI is InChI=1S/C36H49ClN4O/c1-6-8-20-41(21-9-7-2)36(42)34(38)22-27(4)40-35-19-18-29(30-15-14-26(3)33(37)24-30)23-31(35)17-16-28-12-10-11-13-32(28)25-39-5/h10-14,18-19,22-24,30,39H,6-9,15-17,20-21,25,38H2,1-5H3/b34-22-,40-27?. The molecule has 1 amide bonds. The molecule has 6 heteroatoms. The maximum atomic E-state index is 13.2. The van der Waals surface area contributed by atoms with E-state index in [0.29, 0.717) is 0 Å². The summed E-state index contributed by atoms with van der Waals surface area (Å²) in [4.78, 5) is 20.0. The van der Waals surface area contributed by atoms with Crippen LogP contribution in [-0.2, 0) is 24.2 Å². The highest BCUT2D eigenvalue weighted by atomic mass is 35.5. The van der Waals surface area contributed by atoms with Gasteiger partial charge in [0, 0.05) is 36.3 Å². The molecule has 1 aliphatic rings. The molecule has 1 atom stereocenters. The maximum absolute atomic E-state index is 13.2. The van der Waals surface area contributed by atoms with Gasteiger partial charge < -0.3 is 16.0 Å². The molecule has 5 nitrogen and oxygen atoms in total. The first-order valence-corrected chi connectivity index (χ1v) is 15.9. The summed E-state index contributed by atoms with van der Waals surface area (Å²) in [7, 11) is 1.98. The Kier molecular flexibility index (Phi) is 13.6. The minimum Gasteiger partial charge on any atom is -0.394 e. The van der Waals surface area contributed by atoms with Crippen LogP contribution in [0.2, 0.25) is 0 Å². The number of nitrogens with two attached hydrogens (primary N) is 1. The van der Waals surface area contributed by atoms with Crippen molar-refractivity contribution in [3.05, 3.63) is 99.2 Å². The third-order valence-corrected chi connectivity index (χ3v) is 8.27. The summed E-state index contributed by atoms with van der Waals surface area (Å²) in [6.07, 6.45) is 12.8. The number of rotatable bonds is 15. The van der Waals surface area contributed by atoms with Crippen molar-refractivity contribution in [2.75, 3.05) is 20.1 Å². The van der Waals surface area contributed by atoms with Crippen LogP contribution < -0.4 is 11.1 Å². The van der Waals surface area contributed by atoms with Crippen LogP contribution in [0.1, 0.15) is 88.0 Å². The molecule has 0 fully saturated rings. The minimum atomic E-state index is -0.104. The lowest BCUT2D eigenvalue weighted by Crippen LogP contribution is -2.36. The molecule has 1 unspecified atom stereocenters. The summed E-state index contributed by atoms with van der Waals surface area (Å²) < 4.78 is 0. The Bertz CT molecular complexity index is 1320. The number of hydrogen-bond donors (Lipinski definition) is 2. The van der Waals surface area contributed by atoms with E-state index in [1.807, 2.05) is 18.9 Å². The van der Waals surface area contributed by atoms with Crippen molar-refractivity contribution < 1.29 is 4.79 Å². The van der Waals surface area contributed by atoms with Crippen LogP contribution in [0.25, 0.3) is 0 Å². The van der Waals surface area contributed by atoms with Crippen LogP contribution >= 0.6 is 11.6 Å². The molecule has 0 saturated heterocycles. The molecule has 3 N–H and O–H groups in total. The maximum Gasteiger partial charge on any atom is 0.269 e. The highest BCUT2D eigenvalue weighted by Gasteiger charge is 2.17. The molecular weight excluding hydrogens is 540 g/mol. The number of halogens is 1. The van der Waals surface area contributed by atoms with Crippen LogP contribution in [0.5, 0.6) is 0 Å². The summed E-state index contributed by atoms with van der Waals surface area (Å²) in [6, 6.07) is 15.1. The lowest BCUT2D eigenvalue weighted by atomic mass is 9.88. The van der Waals surface area contributed by atoms with Crippen LogP contribution in [0.3, 0.4) is 0 Å². The third kappa shape index (κ3) is 9.71. The van der Waals surface area contributed by atoms with Gasteiger partial charge in [-0.1, -0.05) is 86.8 Å². The second kappa shape index (κ2) is 17.1. The predicted octanol–water partition coefficient (Wildman–Crippen LogP) is 8.11. The van der Waals surface area contributed by atoms with E-state index < -0.39 is 0 Å². The lowest BCUT2D eigenvalue weighted by Gasteiger charge is -2.22. The van der Waals surface area contributed by atoms with Gasteiger partial charge >= 0.3 is 0 Å². The molecule has 0 heterocycles. The van der Waals surface area contributed by atoms with Gasteiger partial charge in [0.2, 0.25) is 0 Å². The first-order valence-electron chi connectivity index (χ1n) is 15.5. The van der Waals surface area contributed by atoms with Crippen molar-refractivity contribution in [3.63, 3.8) is 0 Å². The molecule has 226 valence electrons. The van der Waals surface area contributed by atoms with Crippen LogP contribution in [0.15, 0.2) is 82.0 Å². The zero-order valence-corrected chi connectivity index (χ0v) is 26.9. The summed E-state index contributed by atoms with van der Waals surface area (Å²) in [5, 5.41) is 4.10. The number of aryl methyl sites for hydroxylation is 2. The van der Waals surface area contributed by atoms with E-state index in [0.717, 1.165) is 86.6 Å². The van der Waals surface area contributed by atoms with E-state index >= 15 is 0 Å². The molecule has 2 aromatic carbocycles. The van der Waals surface area contributed by atoms with Crippen molar-refractivity contribution in [2.45, 2.75) is 85.1 Å². The molecular formula is C36H49ClN4O. The lowest BCUT2D eigenvalue weighted by molar-refractivity contribution is -0.127. The van der Waals surface area contributed by atoms with Crippen LogP contribution in [0, 0.1) is 0 Å². The highest BCUT2D eigenvalue weighted by molar-refractivity contribution is 6.32. The Morgan fingerprint density at radius 2 is 1.74 bits per heavy atom. The van der Waals surface area contributed by atoms with Crippen molar-refractivity contribution in [3.8, 4) is 0 Å². The summed E-state index contributed by atoms with van der Waals surface area (Å²) in [6.45, 7) is 10.5. The molecule has 0 aliphatic heterocycles. The van der Waals surface area contributed by atoms with E-state index in [1.165, 1.54) is 22.3 Å². The first kappa shape index (κ1) is 33.4. The first-order chi connectivity index (χ1) is 20.3. The second-order valence-corrected chi connectivity index (χ2v) is 11.7. The van der Waals surface area contributed by atoms with Gasteiger partial charge in [-0.2, -0.15) is 0 Å². The Labute approximate surface area is 258 Å². The number of allylic oxidation sites excluding steroid dienone is 5. The smallest absolute Gasteiger partial charge is 0.269 e. The van der Waals surface area contributed by atoms with E-state index in [-0.39, 0.29) is 17.5 Å². The van der Waals surface area contributed by atoms with E-state index in [9.17, 15) is 4.79 Å². The van der Waals surface area contributed by atoms with E-state index in [1.54, 1.807) is 6.08 Å². The number of carbonyl (C=O) groups is 1. The van der Waals surface area contributed by atoms with Gasteiger partial charge in [-0.05, 0) is 93.0 Å². The predicted molar refractivity (Wildman–Crippen MR) is 180 cm³/mol. The third-order valence-electron chi connectivity index (χ3n) is 7.84. The van der Waals surface area contributed by atoms with E-state index in [2.05, 4.69) is 80.7 Å². The Morgan fingerprint density at radius 3 is 2.38 bits per heavy atom. The highest BCUT2D eigenvalue weighted by Crippen LogP contribution is 2.35. The fourth-order valence-electron chi connectivity index (χ4n) is 5.29. The largest absolute Gasteiger partial charge is 0.394 e. The number of nitrogens with one attached hydrogen (secondary N) is 1. The Balaban J connectivity index is 1.91. The zero-order chi connectivity index (χ0) is 30.5. The number of hydrogen-bond acceptors (Lipinski definition) is 4. The SMILES string of the molecule is CCCCN(CCCC)C(=O)/C(N)=C/C(C)=Nc1ccc(C2C=C(Cl)C(C)=CC2)cc1CCc1ccccc1CNC. The zero-order valence-electron chi connectivity index (χ0n) is 26.2. The fraction of sp³-hybridized carbons (Fsp3) is 0.444. The van der Waals surface area contributed by atoms with Gasteiger partial charge in [-0.15, -0.1) is 0 Å². The average molecular weight is 589 g/mol. The van der Waals surface area contributed by atoms with Gasteiger partial charge in [0.15, 0.2) is 0 Å². The number of nitrogens with zero attached hydrogens (tertiary/aromatic N) is 2. The van der Waals surface area contributed by atoms with Crippen molar-refractivity contribution >= 4 is 28.9 Å². The fourth-order valence-corrected chi connectivity index (χ4v) is 5.52. The minimum absolute atomic E-state index is 0.104. The summed E-state index contributed by atoms with van der Waals surface area (Å²) in [5.74, 6) is 0.133. The van der Waals surface area contributed by atoms with Gasteiger partial charge in [0.05, 0.1) is 11.4 Å². The van der Waals surface area contributed by atoms with Crippen LogP contribution in [0.4, 0.5) is 5.69 Å². The van der Waals surface area contributed by atoms with Crippen molar-refractivity contribution in [1.29, 1.82) is 0 Å². The molecule has 1 aliphatic carbocycles. The van der Waals surface area contributed by atoms with Crippen LogP contribution in [-0.4, -0.2) is 36.7 Å². The normalized spacial score (nSPS) is 15.8. The second-order valence-electron chi connectivity index (χ2n) is 11.3. The van der Waals surface area contributed by atoms with Crippen molar-refractivity contribution in [1.82, 2.24) is 10.2 Å². The molecule has 3 rings (SSSR count). The number of carbonyl (C=O) groups excluding carboxylic acids is 1. The molecule has 2 aromatic rings. The van der Waals surface area contributed by atoms with Gasteiger partial charge in [0.1, 0.15) is 0 Å². The summed E-state index contributed by atoms with van der Waals surface area (Å²) >= 11 is 6.51. The number of amides is 1. The van der Waals surface area contributed by atoms with Gasteiger partial charge in [0.25, 0.3) is 5.91 Å². The molecule has 0 radical (unpaired) electrons. The average Bonchev–Trinajstić information content (AvgIpc) is 2.98. The number of benzene rings is 2. The van der Waals surface area contributed by atoms with Gasteiger partial charge in [-0.25, -0.2) is 0 Å². The monoisotopic (exact) mass is 588 g/mol. The number of aliphatic imine (C=N–C) groups is 1. The quantitative estimate of drug-likeness (QED) is 0.163. The molecule has 0 bridgehead atoms. The van der Waals surface area contributed by atoms with Gasteiger partial charge in [-0.3, -0.25) is 9.79 Å². The molecule has 42 heavy (non-hydrogen) atoms. The molecule has 0 saturated carbocycles. The number of unbranched alkanes of at least 4 members (excludes halogenated alkanes) is 2.